The van der Waals surface area contributed by atoms with Crippen molar-refractivity contribution in [3.63, 3.8) is 0 Å². The van der Waals surface area contributed by atoms with Crippen LogP contribution in [0.4, 0.5) is 0 Å². The van der Waals surface area contributed by atoms with Crippen LogP contribution in [-0.4, -0.2) is 35.5 Å². The minimum absolute atomic E-state index is 0.0239. The minimum atomic E-state index is -1.14. The number of carboxylic acid groups (broad SMARTS) is 1. The molecule has 0 fully saturated rings. The van der Waals surface area contributed by atoms with Gasteiger partial charge in [-0.2, -0.15) is 0 Å². The molecule has 0 radical (unpaired) electrons. The van der Waals surface area contributed by atoms with Gasteiger partial charge in [0.25, 0.3) is 0 Å². The van der Waals surface area contributed by atoms with E-state index in [9.17, 15) is 19.2 Å². The lowest BCUT2D eigenvalue weighted by Crippen LogP contribution is -2.48. The van der Waals surface area contributed by atoms with E-state index in [4.69, 9.17) is 13.9 Å². The molecule has 0 aliphatic carbocycles. The molecule has 1 aromatic carbocycles. The zero-order valence-corrected chi connectivity index (χ0v) is 18.4. The summed E-state index contributed by atoms with van der Waals surface area (Å²) in [6.07, 6.45) is 1.76. The highest BCUT2D eigenvalue weighted by molar-refractivity contribution is 5.96. The molecule has 0 bridgehead atoms. The molecule has 0 spiro atoms. The summed E-state index contributed by atoms with van der Waals surface area (Å²) < 4.78 is 10.9. The van der Waals surface area contributed by atoms with Gasteiger partial charge in [0.15, 0.2) is 0 Å². The van der Waals surface area contributed by atoms with E-state index in [0.717, 1.165) is 21.9 Å². The standard InChI is InChI=1S/C23H26N2O7/c1-11(2)21(22(28)29)25-20(27)9-24-19(26)6-5-14-13(4)16-7-15-12(3)10-31-17(15)8-18(16)32-23(14)30/h7-8,10-11,21H,5-6,9H2,1-4H3,(H,24,26)(H,25,27)(H,28,29)/t21-/m0/s1. The molecule has 0 aliphatic rings. The maximum absolute atomic E-state index is 12.5. The van der Waals surface area contributed by atoms with Crippen molar-refractivity contribution < 1.29 is 28.3 Å². The van der Waals surface area contributed by atoms with Gasteiger partial charge in [-0.25, -0.2) is 9.59 Å². The Morgan fingerprint density at radius 1 is 1.06 bits per heavy atom. The lowest BCUT2D eigenvalue weighted by molar-refractivity contribution is -0.143. The summed E-state index contributed by atoms with van der Waals surface area (Å²) in [5.41, 5.74) is 2.61. The topological polar surface area (TPSA) is 139 Å². The molecule has 2 amide bonds. The zero-order valence-electron chi connectivity index (χ0n) is 18.4. The van der Waals surface area contributed by atoms with Crippen LogP contribution in [0.15, 0.2) is 32.0 Å². The molecule has 2 heterocycles. The van der Waals surface area contributed by atoms with Gasteiger partial charge in [-0.3, -0.25) is 9.59 Å². The number of aliphatic carboxylic acids is 1. The average Bonchev–Trinajstić information content (AvgIpc) is 3.08. The number of carbonyl (C=O) groups excluding carboxylic acids is 2. The largest absolute Gasteiger partial charge is 0.480 e. The molecule has 32 heavy (non-hydrogen) atoms. The van der Waals surface area contributed by atoms with E-state index in [1.165, 1.54) is 0 Å². The molecule has 170 valence electrons. The number of carbonyl (C=O) groups is 3. The first-order valence-corrected chi connectivity index (χ1v) is 10.3. The summed E-state index contributed by atoms with van der Waals surface area (Å²) in [5, 5.41) is 15.6. The molecular formula is C23H26N2O7. The van der Waals surface area contributed by atoms with Crippen molar-refractivity contribution >= 4 is 39.7 Å². The van der Waals surface area contributed by atoms with Crippen molar-refractivity contribution in [3.8, 4) is 0 Å². The summed E-state index contributed by atoms with van der Waals surface area (Å²) in [6.45, 7) is 6.73. The third kappa shape index (κ3) is 4.82. The molecule has 3 rings (SSSR count). The highest BCUT2D eigenvalue weighted by Crippen LogP contribution is 2.29. The van der Waals surface area contributed by atoms with Gasteiger partial charge in [0.2, 0.25) is 11.8 Å². The second-order valence-corrected chi connectivity index (χ2v) is 8.16. The van der Waals surface area contributed by atoms with Crippen molar-refractivity contribution in [2.45, 2.75) is 46.6 Å². The van der Waals surface area contributed by atoms with E-state index in [1.54, 1.807) is 33.1 Å². The molecule has 0 unspecified atom stereocenters. The van der Waals surface area contributed by atoms with Gasteiger partial charge in [-0.05, 0) is 43.4 Å². The molecular weight excluding hydrogens is 416 g/mol. The van der Waals surface area contributed by atoms with Crippen molar-refractivity contribution in [2.75, 3.05) is 6.54 Å². The summed E-state index contributed by atoms with van der Waals surface area (Å²) in [7, 11) is 0. The summed E-state index contributed by atoms with van der Waals surface area (Å²) in [4.78, 5) is 47.8. The Hall–Kier alpha value is -3.62. The van der Waals surface area contributed by atoms with Crippen LogP contribution in [0.5, 0.6) is 0 Å². The number of hydrogen-bond donors (Lipinski definition) is 3. The van der Waals surface area contributed by atoms with Crippen LogP contribution in [-0.2, 0) is 20.8 Å². The van der Waals surface area contributed by atoms with E-state index < -0.39 is 29.5 Å². The SMILES string of the molecule is Cc1coc2cc3oc(=O)c(CCC(=O)NCC(=O)N[C@H](C(=O)O)C(C)C)c(C)c3cc12. The first-order valence-electron chi connectivity index (χ1n) is 10.3. The fourth-order valence-electron chi connectivity index (χ4n) is 3.57. The van der Waals surface area contributed by atoms with E-state index in [-0.39, 0.29) is 25.3 Å². The maximum Gasteiger partial charge on any atom is 0.339 e. The van der Waals surface area contributed by atoms with Gasteiger partial charge in [0, 0.05) is 28.8 Å². The van der Waals surface area contributed by atoms with Crippen molar-refractivity contribution in [2.24, 2.45) is 5.92 Å². The van der Waals surface area contributed by atoms with Gasteiger partial charge in [-0.15, -0.1) is 0 Å². The van der Waals surface area contributed by atoms with Crippen molar-refractivity contribution in [1.82, 2.24) is 10.6 Å². The lowest BCUT2D eigenvalue weighted by atomic mass is 10.0. The van der Waals surface area contributed by atoms with Crippen LogP contribution in [0.2, 0.25) is 0 Å². The van der Waals surface area contributed by atoms with Gasteiger partial charge < -0.3 is 24.6 Å². The van der Waals surface area contributed by atoms with Crippen LogP contribution in [0.3, 0.4) is 0 Å². The second kappa shape index (κ2) is 9.25. The normalized spacial score (nSPS) is 12.3. The highest BCUT2D eigenvalue weighted by Gasteiger charge is 2.23. The number of rotatable bonds is 8. The van der Waals surface area contributed by atoms with Crippen molar-refractivity contribution in [3.05, 3.63) is 45.5 Å². The molecule has 3 aromatic rings. The average molecular weight is 442 g/mol. The Bertz CT molecular complexity index is 1250. The molecule has 9 nitrogen and oxygen atoms in total. The van der Waals surface area contributed by atoms with Gasteiger partial charge >= 0.3 is 11.6 Å². The summed E-state index contributed by atoms with van der Waals surface area (Å²) >= 11 is 0. The highest BCUT2D eigenvalue weighted by atomic mass is 16.4. The number of carboxylic acids is 1. The monoisotopic (exact) mass is 442 g/mol. The van der Waals surface area contributed by atoms with Crippen LogP contribution in [0, 0.1) is 19.8 Å². The minimum Gasteiger partial charge on any atom is -0.480 e. The Morgan fingerprint density at radius 2 is 1.78 bits per heavy atom. The Kier molecular flexibility index (Phi) is 6.67. The first-order chi connectivity index (χ1) is 15.1. The first kappa shape index (κ1) is 23.1. The van der Waals surface area contributed by atoms with Gasteiger partial charge in [0.05, 0.1) is 12.8 Å². The molecule has 0 saturated carbocycles. The van der Waals surface area contributed by atoms with Crippen LogP contribution in [0.1, 0.15) is 37.0 Å². The molecule has 0 saturated heterocycles. The molecule has 3 N–H and O–H groups in total. The third-order valence-corrected chi connectivity index (χ3v) is 5.47. The fourth-order valence-corrected chi connectivity index (χ4v) is 3.57. The number of amides is 2. The second-order valence-electron chi connectivity index (χ2n) is 8.16. The lowest BCUT2D eigenvalue weighted by Gasteiger charge is -2.18. The van der Waals surface area contributed by atoms with E-state index in [1.807, 2.05) is 13.0 Å². The summed E-state index contributed by atoms with van der Waals surface area (Å²) in [5.74, 6) is -2.47. The third-order valence-electron chi connectivity index (χ3n) is 5.47. The Morgan fingerprint density at radius 3 is 2.44 bits per heavy atom. The van der Waals surface area contributed by atoms with Gasteiger partial charge in [-0.1, -0.05) is 13.8 Å². The predicted molar refractivity (Wildman–Crippen MR) is 117 cm³/mol. The maximum atomic E-state index is 12.5. The van der Waals surface area contributed by atoms with E-state index >= 15 is 0 Å². The van der Waals surface area contributed by atoms with Gasteiger partial charge in [0.1, 0.15) is 17.2 Å². The number of furan rings is 1. The summed E-state index contributed by atoms with van der Waals surface area (Å²) in [6, 6.07) is 2.56. The zero-order chi connectivity index (χ0) is 23.6. The quantitative estimate of drug-likeness (QED) is 0.455. The molecule has 2 aromatic heterocycles. The fraction of sp³-hybridized carbons (Fsp3) is 0.391. The number of benzene rings is 1. The van der Waals surface area contributed by atoms with Crippen LogP contribution < -0.4 is 16.3 Å². The smallest absolute Gasteiger partial charge is 0.339 e. The van der Waals surface area contributed by atoms with E-state index in [2.05, 4.69) is 10.6 Å². The molecule has 1 atom stereocenters. The number of fused-ring (bicyclic) bond motifs is 2. The number of aryl methyl sites for hydroxylation is 2. The van der Waals surface area contributed by atoms with Crippen LogP contribution in [0.25, 0.3) is 21.9 Å². The Balaban J connectivity index is 1.66. The van der Waals surface area contributed by atoms with Crippen molar-refractivity contribution in [1.29, 1.82) is 0 Å². The number of hydrogen-bond acceptors (Lipinski definition) is 6. The molecule has 0 aliphatic heterocycles. The van der Waals surface area contributed by atoms with Crippen LogP contribution >= 0.6 is 0 Å². The van der Waals surface area contributed by atoms with E-state index in [0.29, 0.717) is 16.7 Å². The molecule has 9 heteroatoms. The predicted octanol–water partition coefficient (Wildman–Crippen LogP) is 2.43. The number of nitrogens with one attached hydrogen (secondary N) is 2. The Labute approximate surface area is 183 Å².